The van der Waals surface area contributed by atoms with Crippen molar-refractivity contribution in [1.82, 2.24) is 9.55 Å². The van der Waals surface area contributed by atoms with Gasteiger partial charge in [0, 0.05) is 18.2 Å². The summed E-state index contributed by atoms with van der Waals surface area (Å²) in [6.45, 7) is 4.09. The molecule has 1 N–H and O–H groups in total. The molecule has 4 heteroatoms. The Kier molecular flexibility index (Phi) is 2.99. The molecule has 0 fully saturated rings. The van der Waals surface area contributed by atoms with Crippen LogP contribution in [0.3, 0.4) is 0 Å². The molecule has 0 amide bonds. The summed E-state index contributed by atoms with van der Waals surface area (Å²) in [5.41, 5.74) is 2.32. The molecule has 88 valence electrons. The number of fused-ring (bicyclic) bond motifs is 1. The highest BCUT2D eigenvalue weighted by atomic mass is 16.4. The van der Waals surface area contributed by atoms with Gasteiger partial charge >= 0.3 is 5.97 Å². The standard InChI is InChI=1S/C12H18N2O2/c1-3-11-13-8(2)10-6-4-5-9(14(10)11)7-12(15)16/h9H,3-7H2,1-2H3,(H,15,16). The Balaban J connectivity index is 2.39. The summed E-state index contributed by atoms with van der Waals surface area (Å²) in [5, 5.41) is 8.93. The third-order valence-corrected chi connectivity index (χ3v) is 3.33. The van der Waals surface area contributed by atoms with Gasteiger partial charge in [-0.05, 0) is 26.2 Å². The van der Waals surface area contributed by atoms with Crippen molar-refractivity contribution in [3.63, 3.8) is 0 Å². The SMILES string of the molecule is CCc1nc(C)c2n1C(CC(=O)O)CCC2. The molecule has 0 aliphatic carbocycles. The van der Waals surface area contributed by atoms with Crippen LogP contribution in [-0.4, -0.2) is 20.6 Å². The summed E-state index contributed by atoms with van der Waals surface area (Å²) < 4.78 is 2.17. The van der Waals surface area contributed by atoms with Crippen LogP contribution >= 0.6 is 0 Å². The molecule has 1 atom stereocenters. The Morgan fingerprint density at radius 1 is 1.62 bits per heavy atom. The van der Waals surface area contributed by atoms with Gasteiger partial charge in [-0.25, -0.2) is 4.98 Å². The first kappa shape index (κ1) is 11.2. The Morgan fingerprint density at radius 2 is 2.38 bits per heavy atom. The van der Waals surface area contributed by atoms with Gasteiger partial charge in [0.25, 0.3) is 0 Å². The second-order valence-electron chi connectivity index (χ2n) is 4.43. The van der Waals surface area contributed by atoms with Crippen LogP contribution in [0.1, 0.15) is 49.4 Å². The number of imidazole rings is 1. The van der Waals surface area contributed by atoms with Crippen molar-refractivity contribution in [3.8, 4) is 0 Å². The van der Waals surface area contributed by atoms with Crippen molar-refractivity contribution >= 4 is 5.97 Å². The maximum Gasteiger partial charge on any atom is 0.305 e. The van der Waals surface area contributed by atoms with E-state index in [0.29, 0.717) is 0 Å². The molecule has 0 spiro atoms. The Bertz CT molecular complexity index is 409. The van der Waals surface area contributed by atoms with Gasteiger partial charge in [0.1, 0.15) is 5.82 Å². The maximum absolute atomic E-state index is 10.9. The molecule has 1 aromatic rings. The van der Waals surface area contributed by atoms with Gasteiger partial charge in [-0.3, -0.25) is 4.79 Å². The molecule has 1 aliphatic rings. The Morgan fingerprint density at radius 3 is 3.00 bits per heavy atom. The van der Waals surface area contributed by atoms with E-state index in [1.165, 1.54) is 5.69 Å². The predicted octanol–water partition coefficient (Wildman–Crippen LogP) is 2.11. The van der Waals surface area contributed by atoms with E-state index < -0.39 is 5.97 Å². The monoisotopic (exact) mass is 222 g/mol. The van der Waals surface area contributed by atoms with Gasteiger partial charge < -0.3 is 9.67 Å². The zero-order valence-electron chi connectivity index (χ0n) is 9.86. The Hall–Kier alpha value is -1.32. The average Bonchev–Trinajstić information content (AvgIpc) is 2.56. The molecule has 0 radical (unpaired) electrons. The molecular weight excluding hydrogens is 204 g/mol. The van der Waals surface area contributed by atoms with Gasteiger partial charge in [-0.2, -0.15) is 0 Å². The first-order valence-electron chi connectivity index (χ1n) is 5.91. The number of aromatic nitrogens is 2. The van der Waals surface area contributed by atoms with Gasteiger partial charge in [-0.15, -0.1) is 0 Å². The van der Waals surface area contributed by atoms with E-state index in [1.54, 1.807) is 0 Å². The molecule has 16 heavy (non-hydrogen) atoms. The number of nitrogens with zero attached hydrogens (tertiary/aromatic N) is 2. The van der Waals surface area contributed by atoms with E-state index in [0.717, 1.165) is 37.2 Å². The van der Waals surface area contributed by atoms with Crippen LogP contribution < -0.4 is 0 Å². The first-order valence-corrected chi connectivity index (χ1v) is 5.91. The largest absolute Gasteiger partial charge is 0.481 e. The van der Waals surface area contributed by atoms with E-state index in [2.05, 4.69) is 16.5 Å². The van der Waals surface area contributed by atoms with Crippen molar-refractivity contribution in [2.45, 2.75) is 52.0 Å². The molecule has 0 aromatic carbocycles. The Labute approximate surface area is 95.3 Å². The fourth-order valence-electron chi connectivity index (χ4n) is 2.65. The topological polar surface area (TPSA) is 55.1 Å². The first-order chi connectivity index (χ1) is 7.63. The van der Waals surface area contributed by atoms with Crippen molar-refractivity contribution < 1.29 is 9.90 Å². The fraction of sp³-hybridized carbons (Fsp3) is 0.667. The normalized spacial score (nSPS) is 19.5. The second-order valence-corrected chi connectivity index (χ2v) is 4.43. The van der Waals surface area contributed by atoms with Gasteiger partial charge in [-0.1, -0.05) is 6.92 Å². The highest BCUT2D eigenvalue weighted by Gasteiger charge is 2.26. The molecule has 4 nitrogen and oxygen atoms in total. The van der Waals surface area contributed by atoms with Crippen molar-refractivity contribution in [1.29, 1.82) is 0 Å². The van der Waals surface area contributed by atoms with Crippen LogP contribution in [0.5, 0.6) is 0 Å². The quantitative estimate of drug-likeness (QED) is 0.852. The number of carbonyl (C=O) groups is 1. The number of aliphatic carboxylic acids is 1. The third-order valence-electron chi connectivity index (χ3n) is 3.33. The minimum Gasteiger partial charge on any atom is -0.481 e. The summed E-state index contributed by atoms with van der Waals surface area (Å²) in [5.74, 6) is 0.324. The molecule has 1 aliphatic heterocycles. The molecule has 1 aromatic heterocycles. The number of carboxylic acids is 1. The van der Waals surface area contributed by atoms with Crippen LogP contribution in [0.4, 0.5) is 0 Å². The van der Waals surface area contributed by atoms with Gasteiger partial charge in [0.2, 0.25) is 0 Å². The van der Waals surface area contributed by atoms with E-state index in [-0.39, 0.29) is 12.5 Å². The number of rotatable bonds is 3. The summed E-state index contributed by atoms with van der Waals surface area (Å²) in [6, 6.07) is 0.109. The molecular formula is C12H18N2O2. The highest BCUT2D eigenvalue weighted by Crippen LogP contribution is 2.31. The van der Waals surface area contributed by atoms with Gasteiger partial charge in [0.15, 0.2) is 0 Å². The summed E-state index contributed by atoms with van der Waals surface area (Å²) in [7, 11) is 0. The van der Waals surface area contributed by atoms with E-state index in [9.17, 15) is 4.79 Å². The summed E-state index contributed by atoms with van der Waals surface area (Å²) in [6.07, 6.45) is 4.16. The van der Waals surface area contributed by atoms with Crippen LogP contribution in [0.15, 0.2) is 0 Å². The van der Waals surface area contributed by atoms with E-state index in [4.69, 9.17) is 5.11 Å². The number of carboxylic acid groups (broad SMARTS) is 1. The minimum atomic E-state index is -0.716. The van der Waals surface area contributed by atoms with Crippen LogP contribution in [0.25, 0.3) is 0 Å². The van der Waals surface area contributed by atoms with E-state index in [1.807, 2.05) is 6.92 Å². The average molecular weight is 222 g/mol. The fourth-order valence-corrected chi connectivity index (χ4v) is 2.65. The second kappa shape index (κ2) is 4.28. The lowest BCUT2D eigenvalue weighted by Crippen LogP contribution is -2.22. The van der Waals surface area contributed by atoms with Crippen LogP contribution in [0, 0.1) is 6.92 Å². The third kappa shape index (κ3) is 1.84. The van der Waals surface area contributed by atoms with E-state index >= 15 is 0 Å². The molecule has 2 rings (SSSR count). The van der Waals surface area contributed by atoms with Crippen LogP contribution in [0.2, 0.25) is 0 Å². The molecule has 2 heterocycles. The lowest BCUT2D eigenvalue weighted by atomic mass is 9.99. The molecule has 1 unspecified atom stereocenters. The molecule has 0 bridgehead atoms. The van der Waals surface area contributed by atoms with Crippen molar-refractivity contribution in [2.75, 3.05) is 0 Å². The smallest absolute Gasteiger partial charge is 0.305 e. The molecule has 0 saturated heterocycles. The van der Waals surface area contributed by atoms with Gasteiger partial charge in [0.05, 0.1) is 12.1 Å². The lowest BCUT2D eigenvalue weighted by molar-refractivity contribution is -0.138. The number of hydrogen-bond donors (Lipinski definition) is 1. The maximum atomic E-state index is 10.9. The zero-order chi connectivity index (χ0) is 11.7. The minimum absolute atomic E-state index is 0.109. The summed E-state index contributed by atoms with van der Waals surface area (Å²) in [4.78, 5) is 15.4. The number of aryl methyl sites for hydroxylation is 2. The lowest BCUT2D eigenvalue weighted by Gasteiger charge is -2.26. The molecule has 0 saturated carbocycles. The van der Waals surface area contributed by atoms with Crippen molar-refractivity contribution in [2.24, 2.45) is 0 Å². The summed E-state index contributed by atoms with van der Waals surface area (Å²) >= 11 is 0. The predicted molar refractivity (Wildman–Crippen MR) is 60.6 cm³/mol. The highest BCUT2D eigenvalue weighted by molar-refractivity contribution is 5.67. The zero-order valence-corrected chi connectivity index (χ0v) is 9.86. The van der Waals surface area contributed by atoms with Crippen LogP contribution in [-0.2, 0) is 17.6 Å². The van der Waals surface area contributed by atoms with Crippen molar-refractivity contribution in [3.05, 3.63) is 17.2 Å². The number of hydrogen-bond acceptors (Lipinski definition) is 2.